The topological polar surface area (TPSA) is 28.2 Å². The van der Waals surface area contributed by atoms with Crippen molar-refractivity contribution in [2.24, 2.45) is 5.92 Å². The number of hydrogen-bond donors (Lipinski definition) is 1. The van der Waals surface area contributed by atoms with E-state index in [-0.39, 0.29) is 0 Å². The van der Waals surface area contributed by atoms with Crippen LogP contribution >= 0.6 is 11.6 Å². The van der Waals surface area contributed by atoms with Crippen LogP contribution in [0.5, 0.6) is 0 Å². The second-order valence-corrected chi connectivity index (χ2v) is 4.60. The molecule has 0 aromatic carbocycles. The molecule has 1 fully saturated rings. The maximum atomic E-state index is 5.76. The molecule has 1 N–H and O–H groups in total. The first-order valence-corrected chi connectivity index (χ1v) is 5.66. The first kappa shape index (κ1) is 10.7. The van der Waals surface area contributed by atoms with Crippen LogP contribution in [-0.4, -0.2) is 36.6 Å². The summed E-state index contributed by atoms with van der Waals surface area (Å²) in [4.78, 5) is 6.56. The third-order valence-electron chi connectivity index (χ3n) is 2.79. The molecule has 3 nitrogen and oxygen atoms in total. The molecule has 82 valence electrons. The Morgan fingerprint density at radius 3 is 3.07 bits per heavy atom. The van der Waals surface area contributed by atoms with Gasteiger partial charge in [0.05, 0.1) is 5.02 Å². The van der Waals surface area contributed by atoms with E-state index < -0.39 is 0 Å². The number of aromatic nitrogens is 1. The highest BCUT2D eigenvalue weighted by Gasteiger charge is 2.18. The third-order valence-corrected chi connectivity index (χ3v) is 3.01. The lowest BCUT2D eigenvalue weighted by molar-refractivity contribution is 0.399. The van der Waals surface area contributed by atoms with Gasteiger partial charge in [0.15, 0.2) is 0 Å². The zero-order valence-corrected chi connectivity index (χ0v) is 9.67. The van der Waals surface area contributed by atoms with Gasteiger partial charge in [0.2, 0.25) is 0 Å². The average molecular weight is 226 g/mol. The van der Waals surface area contributed by atoms with Crippen LogP contribution in [0.1, 0.15) is 6.42 Å². The molecule has 0 radical (unpaired) electrons. The number of rotatable bonds is 3. The minimum atomic E-state index is 0.682. The highest BCUT2D eigenvalue weighted by atomic mass is 35.5. The fraction of sp³-hybridized carbons (Fsp3) is 0.545. The molecule has 0 amide bonds. The number of nitrogens with one attached hydrogen (secondary N) is 1. The summed E-state index contributed by atoms with van der Waals surface area (Å²) in [6.45, 7) is 3.39. The van der Waals surface area contributed by atoms with Gasteiger partial charge in [-0.1, -0.05) is 11.6 Å². The number of hydrogen-bond acceptors (Lipinski definition) is 3. The molecule has 1 aliphatic heterocycles. The maximum Gasteiger partial charge on any atom is 0.125 e. The SMILES string of the molecule is CN1CCC(CNc2ccc(Cl)cn2)C1. The van der Waals surface area contributed by atoms with Crippen LogP contribution in [0, 0.1) is 5.92 Å². The number of likely N-dealkylation sites (tertiary alicyclic amines) is 1. The standard InChI is InChI=1S/C11H16ClN3/c1-15-5-4-9(8-15)6-13-11-3-2-10(12)7-14-11/h2-3,7,9H,4-6,8H2,1H3,(H,13,14). The normalized spacial score (nSPS) is 21.9. The van der Waals surface area contributed by atoms with Gasteiger partial charge >= 0.3 is 0 Å². The molecule has 0 saturated carbocycles. The largest absolute Gasteiger partial charge is 0.370 e. The van der Waals surface area contributed by atoms with E-state index in [1.54, 1.807) is 6.20 Å². The molecule has 2 rings (SSSR count). The van der Waals surface area contributed by atoms with E-state index in [0.29, 0.717) is 5.02 Å². The fourth-order valence-electron chi connectivity index (χ4n) is 1.92. The quantitative estimate of drug-likeness (QED) is 0.854. The van der Waals surface area contributed by atoms with Gasteiger partial charge in [-0.15, -0.1) is 0 Å². The highest BCUT2D eigenvalue weighted by molar-refractivity contribution is 6.30. The van der Waals surface area contributed by atoms with E-state index >= 15 is 0 Å². The first-order valence-electron chi connectivity index (χ1n) is 5.28. The Bertz CT molecular complexity index is 312. The third kappa shape index (κ3) is 3.08. The molecule has 4 heteroatoms. The van der Waals surface area contributed by atoms with E-state index in [1.807, 2.05) is 12.1 Å². The van der Waals surface area contributed by atoms with Crippen LogP contribution in [-0.2, 0) is 0 Å². The summed E-state index contributed by atoms with van der Waals surface area (Å²) in [6.07, 6.45) is 2.95. The monoisotopic (exact) mass is 225 g/mol. The van der Waals surface area contributed by atoms with E-state index in [4.69, 9.17) is 11.6 Å². The molecular weight excluding hydrogens is 210 g/mol. The minimum Gasteiger partial charge on any atom is -0.370 e. The molecule has 0 bridgehead atoms. The Balaban J connectivity index is 1.80. The predicted molar refractivity (Wildman–Crippen MR) is 63.3 cm³/mol. The average Bonchev–Trinajstić information content (AvgIpc) is 2.64. The van der Waals surface area contributed by atoms with Crippen molar-refractivity contribution in [2.75, 3.05) is 32.0 Å². The smallest absolute Gasteiger partial charge is 0.125 e. The van der Waals surface area contributed by atoms with Crippen LogP contribution in [0.25, 0.3) is 0 Å². The molecule has 1 aliphatic rings. The van der Waals surface area contributed by atoms with Gasteiger partial charge in [0.1, 0.15) is 5.82 Å². The van der Waals surface area contributed by atoms with Gasteiger partial charge in [0, 0.05) is 19.3 Å². The summed E-state index contributed by atoms with van der Waals surface area (Å²) in [5.74, 6) is 1.65. The van der Waals surface area contributed by atoms with Crippen molar-refractivity contribution in [1.29, 1.82) is 0 Å². The molecule has 15 heavy (non-hydrogen) atoms. The molecule has 0 spiro atoms. The molecule has 2 heterocycles. The first-order chi connectivity index (χ1) is 7.24. The summed E-state index contributed by atoms with van der Waals surface area (Å²) < 4.78 is 0. The van der Waals surface area contributed by atoms with E-state index in [9.17, 15) is 0 Å². The second-order valence-electron chi connectivity index (χ2n) is 4.16. The maximum absolute atomic E-state index is 5.76. The van der Waals surface area contributed by atoms with E-state index in [2.05, 4.69) is 22.2 Å². The number of anilines is 1. The lowest BCUT2D eigenvalue weighted by Gasteiger charge is -2.11. The predicted octanol–water partition coefficient (Wildman–Crippen LogP) is 2.10. The minimum absolute atomic E-state index is 0.682. The Morgan fingerprint density at radius 2 is 2.47 bits per heavy atom. The van der Waals surface area contributed by atoms with Crippen LogP contribution in [0.2, 0.25) is 5.02 Å². The van der Waals surface area contributed by atoms with Gasteiger partial charge < -0.3 is 10.2 Å². The number of pyridine rings is 1. The zero-order chi connectivity index (χ0) is 10.7. The van der Waals surface area contributed by atoms with Crippen molar-refractivity contribution in [3.05, 3.63) is 23.4 Å². The molecule has 1 atom stereocenters. The van der Waals surface area contributed by atoms with Gasteiger partial charge in [-0.25, -0.2) is 4.98 Å². The van der Waals surface area contributed by atoms with Crippen LogP contribution in [0.3, 0.4) is 0 Å². The zero-order valence-electron chi connectivity index (χ0n) is 8.91. The van der Waals surface area contributed by atoms with Gasteiger partial charge in [-0.05, 0) is 38.1 Å². The summed E-state index contributed by atoms with van der Waals surface area (Å²) in [7, 11) is 2.17. The van der Waals surface area contributed by atoms with Crippen LogP contribution in [0.15, 0.2) is 18.3 Å². The fourth-order valence-corrected chi connectivity index (χ4v) is 2.03. The lowest BCUT2D eigenvalue weighted by atomic mass is 10.1. The van der Waals surface area contributed by atoms with Crippen molar-refractivity contribution >= 4 is 17.4 Å². The summed E-state index contributed by atoms with van der Waals surface area (Å²) in [5, 5.41) is 4.02. The van der Waals surface area contributed by atoms with Crippen molar-refractivity contribution in [2.45, 2.75) is 6.42 Å². The summed E-state index contributed by atoms with van der Waals surface area (Å²) in [5.41, 5.74) is 0. The van der Waals surface area contributed by atoms with Crippen molar-refractivity contribution < 1.29 is 0 Å². The molecular formula is C11H16ClN3. The van der Waals surface area contributed by atoms with Crippen LogP contribution in [0.4, 0.5) is 5.82 Å². The molecule has 1 saturated heterocycles. The highest BCUT2D eigenvalue weighted by Crippen LogP contribution is 2.15. The van der Waals surface area contributed by atoms with Gasteiger partial charge in [-0.2, -0.15) is 0 Å². The van der Waals surface area contributed by atoms with Crippen molar-refractivity contribution in [3.63, 3.8) is 0 Å². The summed E-state index contributed by atoms with van der Waals surface area (Å²) in [6, 6.07) is 3.78. The Kier molecular flexibility index (Phi) is 3.44. The second kappa shape index (κ2) is 4.81. The van der Waals surface area contributed by atoms with E-state index in [0.717, 1.165) is 18.3 Å². The molecule has 1 aromatic rings. The Hall–Kier alpha value is -0.800. The number of nitrogens with zero attached hydrogens (tertiary/aromatic N) is 2. The Morgan fingerprint density at radius 1 is 1.60 bits per heavy atom. The lowest BCUT2D eigenvalue weighted by Crippen LogP contribution is -2.19. The van der Waals surface area contributed by atoms with Crippen LogP contribution < -0.4 is 5.32 Å². The van der Waals surface area contributed by atoms with Crippen molar-refractivity contribution in [1.82, 2.24) is 9.88 Å². The molecule has 1 unspecified atom stereocenters. The summed E-state index contributed by atoms with van der Waals surface area (Å²) >= 11 is 5.76. The number of halogens is 1. The van der Waals surface area contributed by atoms with Gasteiger partial charge in [-0.3, -0.25) is 0 Å². The van der Waals surface area contributed by atoms with Gasteiger partial charge in [0.25, 0.3) is 0 Å². The van der Waals surface area contributed by atoms with Crippen molar-refractivity contribution in [3.8, 4) is 0 Å². The molecule has 1 aromatic heterocycles. The Labute approximate surface area is 95.4 Å². The molecule has 0 aliphatic carbocycles. The van der Waals surface area contributed by atoms with E-state index in [1.165, 1.54) is 19.5 Å².